The van der Waals surface area contributed by atoms with Crippen molar-refractivity contribution >= 4 is 22.5 Å². The van der Waals surface area contributed by atoms with E-state index in [1.807, 2.05) is 0 Å². The summed E-state index contributed by atoms with van der Waals surface area (Å²) in [7, 11) is 0. The number of rotatable bonds is 4. The van der Waals surface area contributed by atoms with E-state index in [0.717, 1.165) is 5.39 Å². The van der Waals surface area contributed by atoms with E-state index in [1.165, 1.54) is 0 Å². The minimum absolute atomic E-state index is 0.326. The number of halogens is 1. The molecular formula is C13H15ClN2O2. The van der Waals surface area contributed by atoms with Gasteiger partial charge in [0.25, 0.3) is 0 Å². The number of hydrogen-bond acceptors (Lipinski definition) is 4. The molecule has 0 aliphatic rings. The summed E-state index contributed by atoms with van der Waals surface area (Å²) >= 11 is 5.89. The van der Waals surface area contributed by atoms with Crippen LogP contribution in [-0.2, 0) is 0 Å². The Morgan fingerprint density at radius 1 is 1.28 bits per heavy atom. The average molecular weight is 267 g/mol. The lowest BCUT2D eigenvalue weighted by molar-refractivity contribution is 0.0158. The fraction of sp³-hybridized carbons (Fsp3) is 0.308. The zero-order chi connectivity index (χ0) is 13.1. The molecule has 18 heavy (non-hydrogen) atoms. The minimum atomic E-state index is -0.972. The number of benzene rings is 1. The van der Waals surface area contributed by atoms with Gasteiger partial charge >= 0.3 is 0 Å². The second-order valence-corrected chi connectivity index (χ2v) is 4.59. The van der Waals surface area contributed by atoms with Gasteiger partial charge in [0.05, 0.1) is 11.6 Å². The van der Waals surface area contributed by atoms with E-state index in [-0.39, 0.29) is 0 Å². The number of aliphatic hydroxyl groups excluding tert-OH is 2. The first-order valence-corrected chi connectivity index (χ1v) is 6.11. The topological polar surface area (TPSA) is 79.4 Å². The summed E-state index contributed by atoms with van der Waals surface area (Å²) in [5.74, 6) is 0. The number of aliphatic hydroxyl groups is 2. The molecule has 0 saturated carbocycles. The summed E-state index contributed by atoms with van der Waals surface area (Å²) in [4.78, 5) is 4.19. The fourth-order valence-electron chi connectivity index (χ4n) is 1.94. The smallest absolute Gasteiger partial charge is 0.106 e. The van der Waals surface area contributed by atoms with Crippen LogP contribution in [0.5, 0.6) is 0 Å². The SMILES string of the molecule is NCCC(O)C(O)c1ccnc2cc(Cl)ccc12. The van der Waals surface area contributed by atoms with Crippen LogP contribution >= 0.6 is 11.6 Å². The molecule has 0 saturated heterocycles. The van der Waals surface area contributed by atoms with Crippen molar-refractivity contribution in [2.24, 2.45) is 5.73 Å². The van der Waals surface area contributed by atoms with Crippen molar-refractivity contribution in [3.05, 3.63) is 41.0 Å². The molecule has 2 rings (SSSR count). The fourth-order valence-corrected chi connectivity index (χ4v) is 2.10. The van der Waals surface area contributed by atoms with E-state index in [4.69, 9.17) is 17.3 Å². The molecule has 2 aromatic rings. The average Bonchev–Trinajstić information content (AvgIpc) is 2.37. The Kier molecular flexibility index (Phi) is 4.14. The van der Waals surface area contributed by atoms with Crippen molar-refractivity contribution in [2.45, 2.75) is 18.6 Å². The van der Waals surface area contributed by atoms with Gasteiger partial charge in [-0.25, -0.2) is 0 Å². The first-order valence-electron chi connectivity index (χ1n) is 5.74. The molecule has 2 unspecified atom stereocenters. The van der Waals surface area contributed by atoms with Gasteiger partial charge in [0.2, 0.25) is 0 Å². The first kappa shape index (κ1) is 13.2. The molecule has 5 heteroatoms. The number of nitrogens with zero attached hydrogens (tertiary/aromatic N) is 1. The van der Waals surface area contributed by atoms with E-state index >= 15 is 0 Å². The minimum Gasteiger partial charge on any atom is -0.390 e. The number of fused-ring (bicyclic) bond motifs is 1. The van der Waals surface area contributed by atoms with Crippen LogP contribution in [0.25, 0.3) is 10.9 Å². The number of pyridine rings is 1. The second-order valence-electron chi connectivity index (χ2n) is 4.15. The summed E-state index contributed by atoms with van der Waals surface area (Å²) in [5.41, 5.74) is 6.71. The molecular weight excluding hydrogens is 252 g/mol. The summed E-state index contributed by atoms with van der Waals surface area (Å²) in [6.07, 6.45) is 0.0850. The molecule has 1 aromatic heterocycles. The third kappa shape index (κ3) is 2.62. The van der Waals surface area contributed by atoms with Crippen LogP contribution < -0.4 is 5.73 Å². The molecule has 0 amide bonds. The highest BCUT2D eigenvalue weighted by molar-refractivity contribution is 6.31. The van der Waals surface area contributed by atoms with E-state index in [2.05, 4.69) is 4.98 Å². The van der Waals surface area contributed by atoms with Gasteiger partial charge in [-0.2, -0.15) is 0 Å². The quantitative estimate of drug-likeness (QED) is 0.786. The maximum absolute atomic E-state index is 10.1. The lowest BCUT2D eigenvalue weighted by atomic mass is 9.99. The van der Waals surface area contributed by atoms with Gasteiger partial charge in [-0.05, 0) is 36.7 Å². The van der Waals surface area contributed by atoms with Crippen LogP contribution in [0.2, 0.25) is 5.02 Å². The highest BCUT2D eigenvalue weighted by Gasteiger charge is 2.19. The molecule has 1 aromatic carbocycles. The predicted octanol–water partition coefficient (Wildman–Crippen LogP) is 1.63. The summed E-state index contributed by atoms with van der Waals surface area (Å²) < 4.78 is 0. The Hall–Kier alpha value is -1.20. The van der Waals surface area contributed by atoms with Crippen molar-refractivity contribution in [1.82, 2.24) is 4.98 Å². The van der Waals surface area contributed by atoms with Gasteiger partial charge in [0.1, 0.15) is 6.10 Å². The van der Waals surface area contributed by atoms with E-state index in [1.54, 1.807) is 30.5 Å². The maximum Gasteiger partial charge on any atom is 0.106 e. The summed E-state index contributed by atoms with van der Waals surface area (Å²) in [6.45, 7) is 0.326. The van der Waals surface area contributed by atoms with Gasteiger partial charge in [0, 0.05) is 16.6 Å². The molecule has 96 valence electrons. The second kappa shape index (κ2) is 5.63. The molecule has 0 aliphatic carbocycles. The molecule has 0 bridgehead atoms. The zero-order valence-electron chi connectivity index (χ0n) is 9.75. The Balaban J connectivity index is 2.44. The van der Waals surface area contributed by atoms with Crippen LogP contribution in [0.3, 0.4) is 0 Å². The van der Waals surface area contributed by atoms with E-state index in [9.17, 15) is 10.2 Å². The van der Waals surface area contributed by atoms with Gasteiger partial charge < -0.3 is 15.9 Å². The number of hydrogen-bond donors (Lipinski definition) is 3. The lowest BCUT2D eigenvalue weighted by Crippen LogP contribution is -2.22. The normalized spacial score (nSPS) is 14.7. The molecule has 4 N–H and O–H groups in total. The maximum atomic E-state index is 10.1. The standard InChI is InChI=1S/C13H15ClN2O2/c14-8-1-2-9-10(4-6-16-11(9)7-8)13(18)12(17)3-5-15/h1-2,4,6-7,12-13,17-18H,3,5,15H2. The van der Waals surface area contributed by atoms with Gasteiger partial charge in [-0.15, -0.1) is 0 Å². The summed E-state index contributed by atoms with van der Waals surface area (Å²) in [5, 5.41) is 21.3. The molecule has 4 nitrogen and oxygen atoms in total. The largest absolute Gasteiger partial charge is 0.390 e. The Morgan fingerprint density at radius 2 is 2.06 bits per heavy atom. The van der Waals surface area contributed by atoms with E-state index in [0.29, 0.717) is 29.1 Å². The van der Waals surface area contributed by atoms with Gasteiger partial charge in [-0.3, -0.25) is 4.98 Å². The van der Waals surface area contributed by atoms with Crippen LogP contribution in [-0.4, -0.2) is 27.8 Å². The Labute approximate surface area is 110 Å². The van der Waals surface area contributed by atoms with Crippen molar-refractivity contribution in [3.63, 3.8) is 0 Å². The van der Waals surface area contributed by atoms with Crippen molar-refractivity contribution in [3.8, 4) is 0 Å². The van der Waals surface area contributed by atoms with Crippen molar-refractivity contribution in [1.29, 1.82) is 0 Å². The Morgan fingerprint density at radius 3 is 2.78 bits per heavy atom. The van der Waals surface area contributed by atoms with Gasteiger partial charge in [-0.1, -0.05) is 17.7 Å². The molecule has 0 fully saturated rings. The first-order chi connectivity index (χ1) is 8.63. The van der Waals surface area contributed by atoms with Crippen molar-refractivity contribution in [2.75, 3.05) is 6.54 Å². The highest BCUT2D eigenvalue weighted by Crippen LogP contribution is 2.27. The monoisotopic (exact) mass is 266 g/mol. The molecule has 0 radical (unpaired) electrons. The highest BCUT2D eigenvalue weighted by atomic mass is 35.5. The zero-order valence-corrected chi connectivity index (χ0v) is 10.5. The van der Waals surface area contributed by atoms with Crippen molar-refractivity contribution < 1.29 is 10.2 Å². The van der Waals surface area contributed by atoms with Crippen LogP contribution in [0, 0.1) is 0 Å². The van der Waals surface area contributed by atoms with Crippen LogP contribution in [0.15, 0.2) is 30.5 Å². The van der Waals surface area contributed by atoms with Gasteiger partial charge in [0.15, 0.2) is 0 Å². The lowest BCUT2D eigenvalue weighted by Gasteiger charge is -2.18. The van der Waals surface area contributed by atoms with Crippen LogP contribution in [0.4, 0.5) is 0 Å². The molecule has 0 aliphatic heterocycles. The molecule has 2 atom stereocenters. The predicted molar refractivity (Wildman–Crippen MR) is 71.4 cm³/mol. The third-order valence-corrected chi connectivity index (χ3v) is 3.12. The number of nitrogens with two attached hydrogens (primary N) is 1. The Bertz CT molecular complexity index is 548. The van der Waals surface area contributed by atoms with Crippen LogP contribution in [0.1, 0.15) is 18.1 Å². The summed E-state index contributed by atoms with van der Waals surface area (Å²) in [6, 6.07) is 6.94. The molecule has 1 heterocycles. The number of aromatic nitrogens is 1. The van der Waals surface area contributed by atoms with E-state index < -0.39 is 12.2 Å². The molecule has 0 spiro atoms. The third-order valence-electron chi connectivity index (χ3n) is 2.88.